The van der Waals surface area contributed by atoms with Crippen LogP contribution in [0.3, 0.4) is 0 Å². The summed E-state index contributed by atoms with van der Waals surface area (Å²) in [4.78, 5) is 14.2. The van der Waals surface area contributed by atoms with Gasteiger partial charge in [-0.1, -0.05) is 12.1 Å². The third kappa shape index (κ3) is 6.00. The van der Waals surface area contributed by atoms with Crippen LogP contribution in [-0.2, 0) is 4.74 Å². The molecular weight excluding hydrogens is 388 g/mol. The summed E-state index contributed by atoms with van der Waals surface area (Å²) in [6.45, 7) is 11.0. The van der Waals surface area contributed by atoms with E-state index in [0.717, 1.165) is 55.9 Å². The third-order valence-electron chi connectivity index (χ3n) is 5.82. The third-order valence-corrected chi connectivity index (χ3v) is 5.82. The van der Waals surface area contributed by atoms with Gasteiger partial charge in [-0.25, -0.2) is 9.97 Å². The number of hydrogen-bond donors (Lipinski definition) is 2. The molecule has 7 nitrogen and oxygen atoms in total. The number of ether oxygens (including phenoxy) is 1. The minimum atomic E-state index is 0.316. The molecule has 31 heavy (non-hydrogen) atoms. The van der Waals surface area contributed by atoms with Gasteiger partial charge in [0.05, 0.1) is 6.61 Å². The molecule has 2 aromatic heterocycles. The Bertz CT molecular complexity index is 838. The van der Waals surface area contributed by atoms with Crippen molar-refractivity contribution in [3.63, 3.8) is 0 Å². The Balaban J connectivity index is 1.32. The lowest BCUT2D eigenvalue weighted by Crippen LogP contribution is -2.41. The van der Waals surface area contributed by atoms with Gasteiger partial charge in [0.2, 0.25) is 0 Å². The molecule has 0 aliphatic carbocycles. The smallest absolute Gasteiger partial charge is 0.132 e. The van der Waals surface area contributed by atoms with Crippen molar-refractivity contribution in [1.82, 2.24) is 9.97 Å². The van der Waals surface area contributed by atoms with Crippen molar-refractivity contribution >= 4 is 23.3 Å². The Morgan fingerprint density at radius 1 is 0.935 bits per heavy atom. The molecule has 0 spiro atoms. The van der Waals surface area contributed by atoms with Gasteiger partial charge in [-0.2, -0.15) is 0 Å². The Morgan fingerprint density at radius 3 is 2.26 bits per heavy atom. The topological polar surface area (TPSA) is 65.6 Å². The van der Waals surface area contributed by atoms with Crippen LogP contribution in [0, 0.1) is 5.92 Å². The predicted octanol–water partition coefficient (Wildman–Crippen LogP) is 4.20. The number of nitrogens with zero attached hydrogens (tertiary/aromatic N) is 4. The zero-order valence-electron chi connectivity index (χ0n) is 19.1. The minimum Gasteiger partial charge on any atom is -0.368 e. The lowest BCUT2D eigenvalue weighted by molar-refractivity contribution is 0.0630. The van der Waals surface area contributed by atoms with Gasteiger partial charge in [0, 0.05) is 37.6 Å². The molecule has 0 radical (unpaired) electrons. The van der Waals surface area contributed by atoms with Gasteiger partial charge in [0.1, 0.15) is 30.0 Å². The van der Waals surface area contributed by atoms with Crippen molar-refractivity contribution in [1.29, 1.82) is 0 Å². The van der Waals surface area contributed by atoms with Gasteiger partial charge >= 0.3 is 0 Å². The van der Waals surface area contributed by atoms with Gasteiger partial charge in [0.25, 0.3) is 0 Å². The largest absolute Gasteiger partial charge is 0.368 e. The van der Waals surface area contributed by atoms with Crippen LogP contribution in [0.4, 0.5) is 23.3 Å². The van der Waals surface area contributed by atoms with Gasteiger partial charge in [-0.05, 0) is 64.3 Å². The maximum atomic E-state index is 5.92. The summed E-state index contributed by atoms with van der Waals surface area (Å²) >= 11 is 0. The molecular formula is C24H36N6O. The molecule has 0 aromatic carbocycles. The molecule has 2 aromatic rings. The van der Waals surface area contributed by atoms with E-state index >= 15 is 0 Å². The number of pyridine rings is 2. The van der Waals surface area contributed by atoms with Crippen LogP contribution >= 0.6 is 0 Å². The van der Waals surface area contributed by atoms with E-state index in [1.807, 2.05) is 6.07 Å². The highest BCUT2D eigenvalue weighted by atomic mass is 16.5. The van der Waals surface area contributed by atoms with Crippen molar-refractivity contribution in [3.05, 3.63) is 36.4 Å². The van der Waals surface area contributed by atoms with Crippen LogP contribution in [0.15, 0.2) is 36.4 Å². The Hall–Kier alpha value is -2.54. The molecule has 0 saturated carbocycles. The maximum Gasteiger partial charge on any atom is 0.132 e. The van der Waals surface area contributed by atoms with Crippen LogP contribution in [0.25, 0.3) is 0 Å². The summed E-state index contributed by atoms with van der Waals surface area (Å²) in [6, 6.07) is 13.1. The zero-order valence-corrected chi connectivity index (χ0v) is 19.1. The summed E-state index contributed by atoms with van der Waals surface area (Å²) < 4.78 is 5.92. The lowest BCUT2D eigenvalue weighted by Gasteiger charge is -2.35. The first kappa shape index (κ1) is 21.7. The van der Waals surface area contributed by atoms with Crippen molar-refractivity contribution < 1.29 is 4.74 Å². The molecule has 0 bridgehead atoms. The van der Waals surface area contributed by atoms with Crippen LogP contribution < -0.4 is 20.4 Å². The fourth-order valence-electron chi connectivity index (χ4n) is 4.46. The zero-order chi connectivity index (χ0) is 21.6. The SMILES string of the molecule is CC(C)Nc1cccc(N2COCC(CC(C)Nc3cccc(N4CCCC4)n3)C2)n1. The quantitative estimate of drug-likeness (QED) is 0.658. The van der Waals surface area contributed by atoms with Crippen molar-refractivity contribution in [2.45, 2.75) is 52.1 Å². The molecule has 168 valence electrons. The fraction of sp³-hybridized carbons (Fsp3) is 0.583. The van der Waals surface area contributed by atoms with Crippen LogP contribution in [0.2, 0.25) is 0 Å². The first-order valence-electron chi connectivity index (χ1n) is 11.6. The molecule has 2 saturated heterocycles. The predicted molar refractivity (Wildman–Crippen MR) is 128 cm³/mol. The van der Waals surface area contributed by atoms with E-state index in [9.17, 15) is 0 Å². The van der Waals surface area contributed by atoms with Gasteiger partial charge < -0.3 is 25.2 Å². The molecule has 0 amide bonds. The van der Waals surface area contributed by atoms with Gasteiger partial charge in [0.15, 0.2) is 0 Å². The second-order valence-electron chi connectivity index (χ2n) is 9.12. The summed E-state index contributed by atoms with van der Waals surface area (Å²) in [5, 5.41) is 6.98. The van der Waals surface area contributed by atoms with Gasteiger partial charge in [-0.3, -0.25) is 0 Å². The fourth-order valence-corrected chi connectivity index (χ4v) is 4.46. The van der Waals surface area contributed by atoms with Crippen molar-refractivity contribution in [2.24, 2.45) is 5.92 Å². The Kier molecular flexibility index (Phi) is 7.12. The molecule has 2 aliphatic heterocycles. The van der Waals surface area contributed by atoms with E-state index in [0.29, 0.717) is 24.7 Å². The van der Waals surface area contributed by atoms with E-state index < -0.39 is 0 Å². The molecule has 2 unspecified atom stereocenters. The van der Waals surface area contributed by atoms with Gasteiger partial charge in [-0.15, -0.1) is 0 Å². The number of nitrogens with one attached hydrogen (secondary N) is 2. The molecule has 7 heteroatoms. The molecule has 2 fully saturated rings. The average Bonchev–Trinajstić information content (AvgIpc) is 3.29. The van der Waals surface area contributed by atoms with Crippen LogP contribution in [0.5, 0.6) is 0 Å². The molecule has 4 heterocycles. The molecule has 2 N–H and O–H groups in total. The number of aromatic nitrogens is 2. The Morgan fingerprint density at radius 2 is 1.58 bits per heavy atom. The van der Waals surface area contributed by atoms with E-state index in [-0.39, 0.29) is 0 Å². The highest BCUT2D eigenvalue weighted by Crippen LogP contribution is 2.24. The number of hydrogen-bond acceptors (Lipinski definition) is 7. The average molecular weight is 425 g/mol. The Labute approximate surface area is 186 Å². The van der Waals surface area contributed by atoms with Crippen LogP contribution in [-0.4, -0.2) is 55.0 Å². The summed E-state index contributed by atoms with van der Waals surface area (Å²) in [7, 11) is 0. The second kappa shape index (κ2) is 10.2. The molecule has 2 aliphatic rings. The van der Waals surface area contributed by atoms with Crippen LogP contribution in [0.1, 0.15) is 40.0 Å². The summed E-state index contributed by atoms with van der Waals surface area (Å²) in [5.74, 6) is 4.37. The first-order valence-corrected chi connectivity index (χ1v) is 11.6. The monoisotopic (exact) mass is 424 g/mol. The van der Waals surface area contributed by atoms with E-state index in [4.69, 9.17) is 14.7 Å². The van der Waals surface area contributed by atoms with E-state index in [1.54, 1.807) is 0 Å². The normalized spacial score (nSPS) is 20.2. The maximum absolute atomic E-state index is 5.92. The number of anilines is 4. The highest BCUT2D eigenvalue weighted by molar-refractivity contribution is 5.49. The summed E-state index contributed by atoms with van der Waals surface area (Å²) in [5.41, 5.74) is 0. The van der Waals surface area contributed by atoms with E-state index in [1.165, 1.54) is 12.8 Å². The summed E-state index contributed by atoms with van der Waals surface area (Å²) in [6.07, 6.45) is 3.55. The first-order chi connectivity index (χ1) is 15.1. The van der Waals surface area contributed by atoms with Crippen molar-refractivity contribution in [2.75, 3.05) is 53.4 Å². The van der Waals surface area contributed by atoms with E-state index in [2.05, 4.69) is 71.5 Å². The molecule has 2 atom stereocenters. The lowest BCUT2D eigenvalue weighted by atomic mass is 10.00. The molecule has 4 rings (SSSR count). The minimum absolute atomic E-state index is 0.316. The highest BCUT2D eigenvalue weighted by Gasteiger charge is 2.24. The number of rotatable bonds is 8. The van der Waals surface area contributed by atoms with Crippen molar-refractivity contribution in [3.8, 4) is 0 Å². The second-order valence-corrected chi connectivity index (χ2v) is 9.12. The standard InChI is InChI=1S/C24H36N6O/c1-18(2)25-21-8-6-11-24(27-21)30-15-20(16-31-17-30)14-19(3)26-22-9-7-10-23(28-22)29-12-4-5-13-29/h6-11,18-20H,4-5,12-17H2,1-3H3,(H,25,27)(H,26,28).